The minimum Gasteiger partial charge on any atom is -0.462 e. The molecular formula is C69H134O17P2. The van der Waals surface area contributed by atoms with Crippen LogP contribution in [0.25, 0.3) is 0 Å². The third-order valence-electron chi connectivity index (χ3n) is 16.0. The summed E-state index contributed by atoms with van der Waals surface area (Å²) in [6.45, 7) is 7.18. The maximum absolute atomic E-state index is 13.0. The number of ether oxygens (including phenoxy) is 4. The molecule has 0 aromatic rings. The zero-order valence-corrected chi connectivity index (χ0v) is 58.6. The van der Waals surface area contributed by atoms with Crippen molar-refractivity contribution in [2.75, 3.05) is 39.6 Å². The van der Waals surface area contributed by atoms with Crippen molar-refractivity contribution in [3.05, 3.63) is 0 Å². The van der Waals surface area contributed by atoms with Crippen LogP contribution in [0.2, 0.25) is 0 Å². The SMILES string of the molecule is CCCCCCCCCCCCCCCCC(=O)OC[C@H](COP(=O)(O)OC[C@@H](O)COP(=O)(O)OC[C@@H](COC(=O)CCCCCCC)OC(=O)CCCCCCCCCCCCCC)OC(=O)CCCCCCCCCCCCCCCCC(C)C. The molecule has 0 aliphatic carbocycles. The van der Waals surface area contributed by atoms with Crippen molar-refractivity contribution in [2.24, 2.45) is 5.92 Å². The van der Waals surface area contributed by atoms with E-state index in [1.807, 2.05) is 0 Å². The molecule has 2 unspecified atom stereocenters. The topological polar surface area (TPSA) is 237 Å². The molecule has 0 bridgehead atoms. The van der Waals surface area contributed by atoms with Crippen LogP contribution in [0.1, 0.15) is 356 Å². The Balaban J connectivity index is 5.16. The zero-order chi connectivity index (χ0) is 64.9. The van der Waals surface area contributed by atoms with Crippen LogP contribution in [-0.2, 0) is 65.4 Å². The second-order valence-electron chi connectivity index (χ2n) is 25.4. The molecule has 0 heterocycles. The standard InChI is InChI=1S/C69H134O17P2/c1-6-9-12-15-17-19-21-23-27-31-34-38-43-48-53-67(72)80-59-65(86-69(74)55-50-45-40-36-32-28-25-24-26-29-33-37-42-46-51-62(4)5)61-84-88(77,78)82-57-63(70)56-81-87(75,76)83-60-64(58-79-66(71)52-47-41-14-11-8-3)85-68(73)54-49-44-39-35-30-22-20-18-16-13-10-7-2/h62-65,70H,6-61H2,1-5H3,(H,75,76)(H,77,78)/t63-,64+,65+/m0/s1. The number of unbranched alkanes of at least 4 members (excludes halogenated alkanes) is 41. The van der Waals surface area contributed by atoms with E-state index in [0.29, 0.717) is 25.7 Å². The maximum Gasteiger partial charge on any atom is 0.472 e. The number of aliphatic hydroxyl groups is 1. The van der Waals surface area contributed by atoms with E-state index in [1.54, 1.807) is 0 Å². The van der Waals surface area contributed by atoms with Gasteiger partial charge in [0.2, 0.25) is 0 Å². The molecule has 0 radical (unpaired) electrons. The fourth-order valence-electron chi connectivity index (χ4n) is 10.5. The van der Waals surface area contributed by atoms with Gasteiger partial charge in [-0.1, -0.05) is 304 Å². The average Bonchev–Trinajstić information content (AvgIpc) is 3.68. The highest BCUT2D eigenvalue weighted by Gasteiger charge is 2.30. The molecule has 0 amide bonds. The molecule has 0 rings (SSSR count). The Morgan fingerprint density at radius 3 is 0.773 bits per heavy atom. The van der Waals surface area contributed by atoms with Gasteiger partial charge in [-0.3, -0.25) is 37.3 Å². The second-order valence-corrected chi connectivity index (χ2v) is 28.3. The van der Waals surface area contributed by atoms with Gasteiger partial charge >= 0.3 is 39.5 Å². The summed E-state index contributed by atoms with van der Waals surface area (Å²) in [5.74, 6) is -1.34. The van der Waals surface area contributed by atoms with Crippen molar-refractivity contribution >= 4 is 39.5 Å². The Morgan fingerprint density at radius 2 is 0.523 bits per heavy atom. The summed E-state index contributed by atoms with van der Waals surface area (Å²) in [5.41, 5.74) is 0. The fraction of sp³-hybridized carbons (Fsp3) is 0.942. The average molecular weight is 1300 g/mol. The van der Waals surface area contributed by atoms with Crippen LogP contribution in [-0.4, -0.2) is 96.7 Å². The number of carbonyl (C=O) groups is 4. The van der Waals surface area contributed by atoms with Gasteiger partial charge in [-0.15, -0.1) is 0 Å². The Morgan fingerprint density at radius 1 is 0.307 bits per heavy atom. The van der Waals surface area contributed by atoms with Gasteiger partial charge in [0.25, 0.3) is 0 Å². The predicted octanol–water partition coefficient (Wildman–Crippen LogP) is 19.7. The molecule has 0 fully saturated rings. The third-order valence-corrected chi connectivity index (χ3v) is 17.9. The number of phosphoric acid groups is 2. The molecular weight excluding hydrogens is 1160 g/mol. The summed E-state index contributed by atoms with van der Waals surface area (Å²) in [6.07, 6.45) is 48.8. The lowest BCUT2D eigenvalue weighted by Gasteiger charge is -2.21. The molecule has 5 atom stereocenters. The van der Waals surface area contributed by atoms with E-state index in [0.717, 1.165) is 102 Å². The first kappa shape index (κ1) is 86.1. The predicted molar refractivity (Wildman–Crippen MR) is 354 cm³/mol. The summed E-state index contributed by atoms with van der Waals surface area (Å²) in [6, 6.07) is 0. The van der Waals surface area contributed by atoms with Gasteiger partial charge in [0.05, 0.1) is 26.4 Å². The fourth-order valence-corrected chi connectivity index (χ4v) is 12.0. The van der Waals surface area contributed by atoms with Crippen molar-refractivity contribution < 1.29 is 80.2 Å². The summed E-state index contributed by atoms with van der Waals surface area (Å²) in [4.78, 5) is 72.2. The summed E-state index contributed by atoms with van der Waals surface area (Å²) < 4.78 is 68.0. The van der Waals surface area contributed by atoms with Gasteiger partial charge in [0.1, 0.15) is 19.3 Å². The van der Waals surface area contributed by atoms with Crippen molar-refractivity contribution in [2.45, 2.75) is 374 Å². The Hall–Kier alpha value is -1.94. The first-order valence-corrected chi connectivity index (χ1v) is 39.1. The van der Waals surface area contributed by atoms with Crippen LogP contribution in [0.4, 0.5) is 0 Å². The molecule has 19 heteroatoms. The van der Waals surface area contributed by atoms with Crippen molar-refractivity contribution in [3.63, 3.8) is 0 Å². The number of phosphoric ester groups is 2. The van der Waals surface area contributed by atoms with Gasteiger partial charge in [-0.05, 0) is 31.6 Å². The number of hydrogen-bond donors (Lipinski definition) is 3. The maximum atomic E-state index is 13.0. The van der Waals surface area contributed by atoms with E-state index in [9.17, 15) is 43.2 Å². The first-order chi connectivity index (χ1) is 42.5. The summed E-state index contributed by atoms with van der Waals surface area (Å²) in [7, 11) is -9.89. The van der Waals surface area contributed by atoms with Crippen LogP contribution >= 0.6 is 15.6 Å². The van der Waals surface area contributed by atoms with Crippen LogP contribution < -0.4 is 0 Å². The molecule has 3 N–H and O–H groups in total. The first-order valence-electron chi connectivity index (χ1n) is 36.1. The minimum atomic E-state index is -4.95. The van der Waals surface area contributed by atoms with E-state index in [1.165, 1.54) is 173 Å². The van der Waals surface area contributed by atoms with Crippen molar-refractivity contribution in [1.82, 2.24) is 0 Å². The van der Waals surface area contributed by atoms with E-state index in [-0.39, 0.29) is 25.7 Å². The monoisotopic (exact) mass is 1300 g/mol. The smallest absolute Gasteiger partial charge is 0.462 e. The molecule has 0 saturated carbocycles. The largest absolute Gasteiger partial charge is 0.472 e. The van der Waals surface area contributed by atoms with Gasteiger partial charge in [0.15, 0.2) is 12.2 Å². The van der Waals surface area contributed by atoms with Gasteiger partial charge in [0, 0.05) is 25.7 Å². The van der Waals surface area contributed by atoms with E-state index < -0.39 is 97.5 Å². The molecule has 0 aliphatic heterocycles. The molecule has 0 spiro atoms. The van der Waals surface area contributed by atoms with E-state index in [4.69, 9.17) is 37.0 Å². The highest BCUT2D eigenvalue weighted by molar-refractivity contribution is 7.47. The van der Waals surface area contributed by atoms with Gasteiger partial charge < -0.3 is 33.8 Å². The van der Waals surface area contributed by atoms with Gasteiger partial charge in [-0.2, -0.15) is 0 Å². The summed E-state index contributed by atoms with van der Waals surface area (Å²) in [5, 5.41) is 10.6. The summed E-state index contributed by atoms with van der Waals surface area (Å²) >= 11 is 0. The Bertz CT molecular complexity index is 1700. The van der Waals surface area contributed by atoms with E-state index >= 15 is 0 Å². The van der Waals surface area contributed by atoms with Crippen molar-refractivity contribution in [1.29, 1.82) is 0 Å². The van der Waals surface area contributed by atoms with Crippen LogP contribution in [0.5, 0.6) is 0 Å². The third kappa shape index (κ3) is 62.8. The molecule has 0 aromatic carbocycles. The number of aliphatic hydroxyl groups excluding tert-OH is 1. The Kier molecular flexibility index (Phi) is 61.1. The normalized spacial score (nSPS) is 14.1. The minimum absolute atomic E-state index is 0.107. The quantitative estimate of drug-likeness (QED) is 0.0222. The molecule has 0 aliphatic rings. The van der Waals surface area contributed by atoms with Crippen LogP contribution in [0, 0.1) is 5.92 Å². The lowest BCUT2D eigenvalue weighted by Crippen LogP contribution is -2.30. The molecule has 17 nitrogen and oxygen atoms in total. The molecule has 0 saturated heterocycles. The number of rotatable bonds is 69. The molecule has 0 aromatic heterocycles. The van der Waals surface area contributed by atoms with E-state index in [2.05, 4.69) is 34.6 Å². The molecule has 88 heavy (non-hydrogen) atoms. The van der Waals surface area contributed by atoms with Gasteiger partial charge in [-0.25, -0.2) is 9.13 Å². The van der Waals surface area contributed by atoms with Crippen LogP contribution in [0.15, 0.2) is 0 Å². The number of esters is 4. The van der Waals surface area contributed by atoms with Crippen LogP contribution in [0.3, 0.4) is 0 Å². The van der Waals surface area contributed by atoms with Crippen molar-refractivity contribution in [3.8, 4) is 0 Å². The number of carbonyl (C=O) groups excluding carboxylic acids is 4. The lowest BCUT2D eigenvalue weighted by molar-refractivity contribution is -0.161. The second kappa shape index (κ2) is 62.5. The highest BCUT2D eigenvalue weighted by Crippen LogP contribution is 2.45. The number of hydrogen-bond acceptors (Lipinski definition) is 15. The highest BCUT2D eigenvalue weighted by atomic mass is 31.2. The lowest BCUT2D eigenvalue weighted by atomic mass is 10.0. The zero-order valence-electron chi connectivity index (χ0n) is 56.9. The Labute approximate surface area is 537 Å². The molecule has 522 valence electrons.